The first-order valence-corrected chi connectivity index (χ1v) is 20.7. The van der Waals surface area contributed by atoms with Crippen LogP contribution in [0.15, 0.2) is 186 Å². The van der Waals surface area contributed by atoms with Crippen molar-refractivity contribution in [2.75, 3.05) is 9.80 Å². The van der Waals surface area contributed by atoms with Gasteiger partial charge in [0, 0.05) is 45.0 Å². The average molecular weight is 748 g/mol. The van der Waals surface area contributed by atoms with Crippen molar-refractivity contribution in [1.82, 2.24) is 4.98 Å². The number of anilines is 5. The molecule has 0 saturated carbocycles. The molecule has 3 nitrogen and oxygen atoms in total. The zero-order valence-electron chi connectivity index (χ0n) is 33.3. The molecule has 58 heavy (non-hydrogen) atoms. The first kappa shape index (κ1) is 34.4. The summed E-state index contributed by atoms with van der Waals surface area (Å²) >= 11 is 0. The van der Waals surface area contributed by atoms with E-state index in [0.717, 1.165) is 41.7 Å². The summed E-state index contributed by atoms with van der Waals surface area (Å²) < 4.78 is 0. The molecule has 1 N–H and O–H groups in total. The van der Waals surface area contributed by atoms with Crippen molar-refractivity contribution in [3.05, 3.63) is 220 Å². The molecule has 0 spiro atoms. The molecular weight excluding hydrogens is 703 g/mol. The number of nitrogens with zero attached hydrogens (tertiary/aromatic N) is 2. The molecule has 6 aromatic carbocycles. The molecule has 0 radical (unpaired) electrons. The number of aryl methyl sites for hydroxylation is 1. The van der Waals surface area contributed by atoms with Crippen molar-refractivity contribution >= 4 is 61.9 Å². The number of fused-ring (bicyclic) bond motifs is 3. The first-order chi connectivity index (χ1) is 28.5. The van der Waals surface area contributed by atoms with Crippen molar-refractivity contribution in [2.45, 2.75) is 46.0 Å². The van der Waals surface area contributed by atoms with Gasteiger partial charge in [-0.2, -0.15) is 0 Å². The van der Waals surface area contributed by atoms with Crippen LogP contribution in [0.1, 0.15) is 59.1 Å². The topological polar surface area (TPSA) is 22.3 Å². The van der Waals surface area contributed by atoms with E-state index >= 15 is 0 Å². The molecule has 1 atom stereocenters. The number of H-pyrrole nitrogens is 1. The fourth-order valence-electron chi connectivity index (χ4n) is 10.0. The lowest BCUT2D eigenvalue weighted by atomic mass is 9.69. The Kier molecular flexibility index (Phi) is 8.11. The van der Waals surface area contributed by atoms with Gasteiger partial charge in [0.2, 0.25) is 0 Å². The third-order valence-corrected chi connectivity index (χ3v) is 12.8. The van der Waals surface area contributed by atoms with Gasteiger partial charge in [-0.05, 0) is 145 Å². The van der Waals surface area contributed by atoms with Gasteiger partial charge in [0.1, 0.15) is 0 Å². The maximum atomic E-state index is 3.82. The van der Waals surface area contributed by atoms with Gasteiger partial charge in [0.25, 0.3) is 0 Å². The number of rotatable bonds is 7. The number of allylic oxidation sites excluding steroid dienone is 10. The lowest BCUT2D eigenvalue weighted by Gasteiger charge is -2.40. The van der Waals surface area contributed by atoms with Crippen LogP contribution in [0, 0.1) is 13.8 Å². The van der Waals surface area contributed by atoms with Gasteiger partial charge in [0.15, 0.2) is 0 Å². The predicted molar refractivity (Wildman–Crippen MR) is 246 cm³/mol. The Balaban J connectivity index is 1.11. The molecule has 280 valence electrons. The second-order valence-corrected chi connectivity index (χ2v) is 16.2. The number of aromatic nitrogens is 1. The highest BCUT2D eigenvalue weighted by Crippen LogP contribution is 2.53. The van der Waals surface area contributed by atoms with Crippen LogP contribution < -0.4 is 9.80 Å². The van der Waals surface area contributed by atoms with Crippen LogP contribution in [-0.4, -0.2) is 4.98 Å². The van der Waals surface area contributed by atoms with E-state index in [9.17, 15) is 0 Å². The number of aromatic amines is 1. The molecule has 4 aliphatic rings. The molecule has 1 heterocycles. The van der Waals surface area contributed by atoms with Crippen LogP contribution in [0.4, 0.5) is 28.4 Å². The lowest BCUT2D eigenvalue weighted by Crippen LogP contribution is -2.26. The van der Waals surface area contributed by atoms with E-state index in [1.807, 2.05) is 0 Å². The number of para-hydroxylation sites is 3. The highest BCUT2D eigenvalue weighted by Gasteiger charge is 2.37. The van der Waals surface area contributed by atoms with E-state index in [0.29, 0.717) is 0 Å². The quantitative estimate of drug-likeness (QED) is 0.175. The van der Waals surface area contributed by atoms with E-state index in [4.69, 9.17) is 0 Å². The van der Waals surface area contributed by atoms with E-state index in [1.54, 1.807) is 0 Å². The third kappa shape index (κ3) is 5.41. The number of benzene rings is 6. The minimum absolute atomic E-state index is 0.114. The number of hydrogen-bond acceptors (Lipinski definition) is 2. The molecule has 0 amide bonds. The maximum Gasteiger partial charge on any atom is 0.0709 e. The normalized spacial score (nSPS) is 16.6. The first-order valence-electron chi connectivity index (χ1n) is 20.7. The molecule has 11 rings (SSSR count). The van der Waals surface area contributed by atoms with Gasteiger partial charge in [-0.15, -0.1) is 0 Å². The Morgan fingerprint density at radius 1 is 0.621 bits per heavy atom. The van der Waals surface area contributed by atoms with Crippen LogP contribution in [0.3, 0.4) is 0 Å². The maximum absolute atomic E-state index is 3.82. The molecule has 3 heteroatoms. The summed E-state index contributed by atoms with van der Waals surface area (Å²) in [6.07, 6.45) is 19.7. The second-order valence-electron chi connectivity index (χ2n) is 16.2. The molecule has 1 unspecified atom stereocenters. The van der Waals surface area contributed by atoms with Crippen molar-refractivity contribution in [3.63, 3.8) is 0 Å². The van der Waals surface area contributed by atoms with Crippen molar-refractivity contribution in [3.8, 4) is 0 Å². The largest absolute Gasteiger partial charge is 0.353 e. The fraction of sp³-hybridized carbons (Fsp3) is 0.127. The minimum atomic E-state index is 0.114. The monoisotopic (exact) mass is 747 g/mol. The Morgan fingerprint density at radius 3 is 2.29 bits per heavy atom. The second kappa shape index (κ2) is 13.7. The summed E-state index contributed by atoms with van der Waals surface area (Å²) in [4.78, 5) is 8.83. The molecule has 0 aliphatic heterocycles. The van der Waals surface area contributed by atoms with Gasteiger partial charge in [0.05, 0.1) is 16.9 Å². The summed E-state index contributed by atoms with van der Waals surface area (Å²) in [6.45, 7) is 6.79. The molecule has 7 aromatic rings. The number of hydrogen-bond donors (Lipinski definition) is 1. The van der Waals surface area contributed by atoms with Crippen LogP contribution in [0.5, 0.6) is 0 Å². The molecule has 1 aromatic heterocycles. The van der Waals surface area contributed by atoms with E-state index in [-0.39, 0.29) is 5.92 Å². The Hall–Kier alpha value is -6.84. The smallest absolute Gasteiger partial charge is 0.0709 e. The van der Waals surface area contributed by atoms with Gasteiger partial charge in [-0.3, -0.25) is 0 Å². The zero-order chi connectivity index (χ0) is 38.9. The summed E-state index contributed by atoms with van der Waals surface area (Å²) in [6, 6.07) is 46.8. The Bertz CT molecular complexity index is 3020. The molecule has 0 bridgehead atoms. The van der Waals surface area contributed by atoms with E-state index in [2.05, 4.69) is 205 Å². The molecular formula is C55H45N3. The van der Waals surface area contributed by atoms with Crippen LogP contribution in [0.25, 0.3) is 33.5 Å². The summed E-state index contributed by atoms with van der Waals surface area (Å²) in [5.74, 6) is 0.114. The highest BCUT2D eigenvalue weighted by atomic mass is 15.2. The standard InChI is InChI=1S/C55H45N3/c1-35-14-11-18-41(34-35)58(52-25-13-22-45-44-20-9-10-23-48(44)56-55(45)52)51-33-29-39-26-30-46-50(32-28-38-27-31-47(51)54(39)53(38)46)57(40-16-5-4-6-17-40)49-24-12-21-43(37(49)3)42-19-8-7-15-36(42)2/h4-6,8-14,16-29,31-34,54,56H,7,15,30H2,1-3H3. The third-order valence-electron chi connectivity index (χ3n) is 12.8. The lowest BCUT2D eigenvalue weighted by molar-refractivity contribution is 0.871. The fourth-order valence-corrected chi connectivity index (χ4v) is 10.0. The van der Waals surface area contributed by atoms with E-state index in [1.165, 1.54) is 89.2 Å². The number of nitrogens with one attached hydrogen (secondary N) is 1. The predicted octanol–water partition coefficient (Wildman–Crippen LogP) is 14.8. The Morgan fingerprint density at radius 2 is 1.41 bits per heavy atom. The molecule has 0 fully saturated rings. The van der Waals surface area contributed by atoms with Crippen LogP contribution in [-0.2, 0) is 6.42 Å². The zero-order valence-corrected chi connectivity index (χ0v) is 33.3. The Labute approximate surface area is 341 Å². The van der Waals surface area contributed by atoms with Crippen molar-refractivity contribution in [1.29, 1.82) is 0 Å². The van der Waals surface area contributed by atoms with Gasteiger partial charge in [-0.1, -0.05) is 121 Å². The van der Waals surface area contributed by atoms with Gasteiger partial charge >= 0.3 is 0 Å². The molecule has 0 saturated heterocycles. The van der Waals surface area contributed by atoms with Crippen LogP contribution in [0.2, 0.25) is 0 Å². The summed E-state index contributed by atoms with van der Waals surface area (Å²) in [7, 11) is 0. The van der Waals surface area contributed by atoms with Crippen molar-refractivity contribution in [2.24, 2.45) is 0 Å². The van der Waals surface area contributed by atoms with E-state index < -0.39 is 0 Å². The highest BCUT2D eigenvalue weighted by molar-refractivity contribution is 6.12. The minimum Gasteiger partial charge on any atom is -0.353 e. The van der Waals surface area contributed by atoms with Crippen molar-refractivity contribution < 1.29 is 0 Å². The SMILES string of the molecule is CC1=C(c2cccc(N(c3ccccc3)c3ccc4c5c3CC=C3C=CC(N(c6cccc(C)c6)c6cccc7c6[nH]c6ccccc67)=C(C=C4)C35)c2C)C=CCC1. The average Bonchev–Trinajstić information content (AvgIpc) is 3.65. The molecule has 4 aliphatic carbocycles. The van der Waals surface area contributed by atoms with Gasteiger partial charge in [-0.25, -0.2) is 0 Å². The van der Waals surface area contributed by atoms with Crippen LogP contribution >= 0.6 is 0 Å². The summed E-state index contributed by atoms with van der Waals surface area (Å²) in [5.41, 5.74) is 22.9. The van der Waals surface area contributed by atoms with Gasteiger partial charge < -0.3 is 14.8 Å². The summed E-state index contributed by atoms with van der Waals surface area (Å²) in [5, 5.41) is 2.48.